The van der Waals surface area contributed by atoms with Crippen LogP contribution >= 0.6 is 0 Å². The predicted molar refractivity (Wildman–Crippen MR) is 107 cm³/mol. The van der Waals surface area contributed by atoms with Crippen LogP contribution in [0.25, 0.3) is 0 Å². The molecule has 1 aromatic heterocycles. The van der Waals surface area contributed by atoms with Gasteiger partial charge in [0.2, 0.25) is 9.84 Å². The quantitative estimate of drug-likeness (QED) is 0.709. The van der Waals surface area contributed by atoms with Crippen molar-refractivity contribution >= 4 is 21.4 Å². The Labute approximate surface area is 164 Å². The first-order valence-electron chi connectivity index (χ1n) is 8.55. The van der Waals surface area contributed by atoms with E-state index in [1.165, 1.54) is 18.3 Å². The molecule has 28 heavy (non-hydrogen) atoms. The van der Waals surface area contributed by atoms with Crippen molar-refractivity contribution in [2.24, 2.45) is 0 Å². The summed E-state index contributed by atoms with van der Waals surface area (Å²) < 4.78 is 30.6. The molecule has 1 heterocycles. The van der Waals surface area contributed by atoms with Gasteiger partial charge >= 0.3 is 0 Å². The number of nitrogens with zero attached hydrogens (tertiary/aromatic N) is 1. The molecule has 1 N–H and O–H groups in total. The molecule has 0 aliphatic heterocycles. The maximum absolute atomic E-state index is 12.8. The van der Waals surface area contributed by atoms with Gasteiger partial charge < -0.3 is 10.1 Å². The van der Waals surface area contributed by atoms with Crippen molar-refractivity contribution in [2.75, 3.05) is 12.4 Å². The average Bonchev–Trinajstić information content (AvgIpc) is 2.70. The minimum absolute atomic E-state index is 0.103. The number of aromatic nitrogens is 1. The van der Waals surface area contributed by atoms with Crippen LogP contribution in [-0.2, 0) is 9.84 Å². The second kappa shape index (κ2) is 7.82. The van der Waals surface area contributed by atoms with Crippen molar-refractivity contribution in [3.63, 3.8) is 0 Å². The summed E-state index contributed by atoms with van der Waals surface area (Å²) in [7, 11) is -2.21. The molecule has 0 aliphatic carbocycles. The van der Waals surface area contributed by atoms with E-state index in [0.29, 0.717) is 11.4 Å². The molecule has 0 saturated heterocycles. The molecule has 0 atom stereocenters. The molecule has 0 fully saturated rings. The Hall–Kier alpha value is -3.19. The highest BCUT2D eigenvalue weighted by Crippen LogP contribution is 2.22. The van der Waals surface area contributed by atoms with Gasteiger partial charge in [-0.2, -0.15) is 0 Å². The number of carbonyl (C=O) groups is 1. The number of benzene rings is 2. The van der Waals surface area contributed by atoms with E-state index < -0.39 is 15.7 Å². The maximum Gasteiger partial charge on any atom is 0.257 e. The number of hydrogen-bond donors (Lipinski definition) is 1. The molecule has 0 saturated carbocycles. The van der Waals surface area contributed by atoms with E-state index in [-0.39, 0.29) is 15.5 Å². The molecular weight excluding hydrogens is 376 g/mol. The molecule has 3 rings (SSSR count). The number of ether oxygens (including phenoxy) is 1. The van der Waals surface area contributed by atoms with Gasteiger partial charge in [0, 0.05) is 18.0 Å². The van der Waals surface area contributed by atoms with E-state index in [1.807, 2.05) is 13.8 Å². The highest BCUT2D eigenvalue weighted by atomic mass is 32.2. The fraction of sp³-hybridized carbons (Fsp3) is 0.143. The van der Waals surface area contributed by atoms with Crippen LogP contribution in [0, 0.1) is 13.8 Å². The number of amides is 1. The Bertz CT molecular complexity index is 1120. The normalized spacial score (nSPS) is 11.1. The Morgan fingerprint density at radius 2 is 1.79 bits per heavy atom. The summed E-state index contributed by atoms with van der Waals surface area (Å²) in [6.45, 7) is 3.77. The summed E-state index contributed by atoms with van der Waals surface area (Å²) in [4.78, 5) is 16.6. The topological polar surface area (TPSA) is 85.4 Å². The van der Waals surface area contributed by atoms with Gasteiger partial charge in [-0.25, -0.2) is 13.4 Å². The summed E-state index contributed by atoms with van der Waals surface area (Å²) in [5, 5.41) is 2.63. The SMILES string of the molecule is COc1cccc(NC(=O)c2ccc(S(=O)(=O)c3ccc(C)c(C)c3)nc2)c1. The Kier molecular flexibility index (Phi) is 5.46. The fourth-order valence-corrected chi connectivity index (χ4v) is 3.84. The first-order valence-corrected chi connectivity index (χ1v) is 10.0. The third-order valence-electron chi connectivity index (χ3n) is 4.39. The number of anilines is 1. The van der Waals surface area contributed by atoms with Crippen LogP contribution in [0.4, 0.5) is 5.69 Å². The Balaban J connectivity index is 1.82. The second-order valence-corrected chi connectivity index (χ2v) is 8.22. The number of nitrogens with one attached hydrogen (secondary N) is 1. The fourth-order valence-electron chi connectivity index (χ4n) is 2.58. The highest BCUT2D eigenvalue weighted by Gasteiger charge is 2.20. The van der Waals surface area contributed by atoms with E-state index in [9.17, 15) is 13.2 Å². The molecular formula is C21H20N2O4S. The monoisotopic (exact) mass is 396 g/mol. The zero-order valence-electron chi connectivity index (χ0n) is 15.8. The largest absolute Gasteiger partial charge is 0.497 e. The van der Waals surface area contributed by atoms with Crippen molar-refractivity contribution in [1.82, 2.24) is 4.98 Å². The third kappa shape index (κ3) is 4.04. The second-order valence-electron chi connectivity index (χ2n) is 6.32. The molecule has 7 heteroatoms. The summed E-state index contributed by atoms with van der Waals surface area (Å²) in [5.41, 5.74) is 2.71. The lowest BCUT2D eigenvalue weighted by molar-refractivity contribution is 0.102. The Morgan fingerprint density at radius 3 is 2.43 bits per heavy atom. The molecule has 0 radical (unpaired) electrons. The standard InChI is InChI=1S/C21H20N2O4S/c1-14-7-9-19(11-15(14)2)28(25,26)20-10-8-16(13-22-20)21(24)23-17-5-4-6-18(12-17)27-3/h4-13H,1-3H3,(H,23,24). The van der Waals surface area contributed by atoms with Gasteiger partial charge in [0.05, 0.1) is 17.6 Å². The van der Waals surface area contributed by atoms with Crippen LogP contribution in [0.2, 0.25) is 0 Å². The summed E-state index contributed by atoms with van der Waals surface area (Å²) in [6, 6.07) is 14.7. The lowest BCUT2D eigenvalue weighted by atomic mass is 10.1. The molecule has 0 bridgehead atoms. The van der Waals surface area contributed by atoms with Crippen molar-refractivity contribution in [2.45, 2.75) is 23.8 Å². The summed E-state index contributed by atoms with van der Waals surface area (Å²) >= 11 is 0. The minimum atomic E-state index is -3.75. The predicted octanol–water partition coefficient (Wildman–Crippen LogP) is 3.79. The lowest BCUT2D eigenvalue weighted by Gasteiger charge is -2.09. The van der Waals surface area contributed by atoms with Crippen molar-refractivity contribution in [3.05, 3.63) is 77.5 Å². The zero-order valence-corrected chi connectivity index (χ0v) is 16.6. The van der Waals surface area contributed by atoms with Crippen LogP contribution in [0.1, 0.15) is 21.5 Å². The average molecular weight is 396 g/mol. The van der Waals surface area contributed by atoms with E-state index in [0.717, 1.165) is 11.1 Å². The number of hydrogen-bond acceptors (Lipinski definition) is 5. The third-order valence-corrected chi connectivity index (χ3v) is 6.06. The van der Waals surface area contributed by atoms with Gasteiger partial charge in [0.1, 0.15) is 5.75 Å². The smallest absolute Gasteiger partial charge is 0.257 e. The van der Waals surface area contributed by atoms with Gasteiger partial charge in [-0.15, -0.1) is 0 Å². The summed E-state index contributed by atoms with van der Waals surface area (Å²) in [5.74, 6) is 0.224. The first-order chi connectivity index (χ1) is 13.3. The van der Waals surface area contributed by atoms with Crippen LogP contribution in [-0.4, -0.2) is 26.4 Å². The number of aryl methyl sites for hydroxylation is 2. The molecule has 0 aliphatic rings. The van der Waals surface area contributed by atoms with Crippen LogP contribution in [0.3, 0.4) is 0 Å². The Morgan fingerprint density at radius 1 is 1.00 bits per heavy atom. The van der Waals surface area contributed by atoms with Gasteiger partial charge in [-0.05, 0) is 61.4 Å². The summed E-state index contributed by atoms with van der Waals surface area (Å²) in [6.07, 6.45) is 1.25. The van der Waals surface area contributed by atoms with Crippen LogP contribution in [0.15, 0.2) is 70.7 Å². The number of methoxy groups -OCH3 is 1. The van der Waals surface area contributed by atoms with Gasteiger partial charge in [-0.3, -0.25) is 4.79 Å². The van der Waals surface area contributed by atoms with Gasteiger partial charge in [-0.1, -0.05) is 12.1 Å². The van der Waals surface area contributed by atoms with E-state index in [1.54, 1.807) is 49.6 Å². The van der Waals surface area contributed by atoms with Crippen molar-refractivity contribution in [1.29, 1.82) is 0 Å². The molecule has 2 aromatic carbocycles. The van der Waals surface area contributed by atoms with Gasteiger partial charge in [0.15, 0.2) is 5.03 Å². The maximum atomic E-state index is 12.8. The van der Waals surface area contributed by atoms with E-state index in [4.69, 9.17) is 4.74 Å². The highest BCUT2D eigenvalue weighted by molar-refractivity contribution is 7.91. The molecule has 6 nitrogen and oxygen atoms in total. The molecule has 3 aromatic rings. The molecule has 0 spiro atoms. The van der Waals surface area contributed by atoms with Crippen LogP contribution < -0.4 is 10.1 Å². The molecule has 0 unspecified atom stereocenters. The number of sulfone groups is 1. The van der Waals surface area contributed by atoms with E-state index in [2.05, 4.69) is 10.3 Å². The first kappa shape index (κ1) is 19.6. The van der Waals surface area contributed by atoms with Gasteiger partial charge in [0.25, 0.3) is 5.91 Å². The van der Waals surface area contributed by atoms with Crippen LogP contribution in [0.5, 0.6) is 5.75 Å². The van der Waals surface area contributed by atoms with Crippen molar-refractivity contribution in [3.8, 4) is 5.75 Å². The number of carbonyl (C=O) groups excluding carboxylic acids is 1. The van der Waals surface area contributed by atoms with Crippen molar-refractivity contribution < 1.29 is 17.9 Å². The number of rotatable bonds is 5. The number of pyridine rings is 1. The molecule has 144 valence electrons. The zero-order chi connectivity index (χ0) is 20.3. The minimum Gasteiger partial charge on any atom is -0.497 e. The molecule has 1 amide bonds. The lowest BCUT2D eigenvalue weighted by Crippen LogP contribution is -2.13. The van der Waals surface area contributed by atoms with E-state index >= 15 is 0 Å².